The fourth-order valence-electron chi connectivity index (χ4n) is 0.972. The van der Waals surface area contributed by atoms with Crippen molar-refractivity contribution in [2.24, 2.45) is 5.73 Å². The fourth-order valence-corrected chi connectivity index (χ4v) is 0.972. The number of halogens is 3. The number of benzene rings is 1. The highest BCUT2D eigenvalue weighted by Gasteiger charge is 2.36. The molecule has 2 N–H and O–H groups in total. The Kier molecular flexibility index (Phi) is 4.11. The van der Waals surface area contributed by atoms with E-state index in [-0.39, 0.29) is 6.61 Å². The van der Waals surface area contributed by atoms with Crippen LogP contribution in [0.4, 0.5) is 13.2 Å². The summed E-state index contributed by atoms with van der Waals surface area (Å²) in [5, 5.41) is 0. The van der Waals surface area contributed by atoms with E-state index < -0.39 is 18.8 Å². The summed E-state index contributed by atoms with van der Waals surface area (Å²) in [5.41, 5.74) is 5.69. The van der Waals surface area contributed by atoms with Crippen molar-refractivity contribution in [2.45, 2.75) is 18.8 Å². The molecular weight excluding hydrogens is 207 g/mol. The minimum absolute atomic E-state index is 0.143. The van der Waals surface area contributed by atoms with Crippen LogP contribution >= 0.6 is 0 Å². The van der Waals surface area contributed by atoms with Gasteiger partial charge in [-0.25, -0.2) is 0 Å². The molecule has 0 radical (unpaired) electrons. The quantitative estimate of drug-likeness (QED) is 0.841. The molecule has 0 aliphatic carbocycles. The Hall–Kier alpha value is -1.07. The van der Waals surface area contributed by atoms with Crippen molar-refractivity contribution in [3.05, 3.63) is 35.9 Å². The normalized spacial score (nSPS) is 13.9. The Labute approximate surface area is 85.8 Å². The second kappa shape index (κ2) is 5.14. The Morgan fingerprint density at radius 1 is 1.20 bits per heavy atom. The maximum Gasteiger partial charge on any atom is 0.405 e. The van der Waals surface area contributed by atoms with E-state index in [9.17, 15) is 13.2 Å². The zero-order chi connectivity index (χ0) is 11.3. The third kappa shape index (κ3) is 4.31. The van der Waals surface area contributed by atoms with Crippen LogP contribution in [0.1, 0.15) is 5.56 Å². The molecule has 0 aliphatic heterocycles. The summed E-state index contributed by atoms with van der Waals surface area (Å²) in [6.45, 7) is -0.372. The second-order valence-corrected chi connectivity index (χ2v) is 3.15. The molecule has 1 rings (SSSR count). The van der Waals surface area contributed by atoms with Crippen molar-refractivity contribution in [2.75, 3.05) is 6.61 Å². The predicted octanol–water partition coefficient (Wildman–Crippen LogP) is 2.09. The molecule has 0 aromatic heterocycles. The first-order chi connectivity index (χ1) is 7.00. The van der Waals surface area contributed by atoms with E-state index in [1.165, 1.54) is 0 Å². The van der Waals surface area contributed by atoms with Crippen LogP contribution in [0.3, 0.4) is 0 Å². The molecule has 0 aliphatic rings. The number of rotatable bonds is 4. The third-order valence-corrected chi connectivity index (χ3v) is 1.83. The molecule has 0 amide bonds. The summed E-state index contributed by atoms with van der Waals surface area (Å²) >= 11 is 0. The first-order valence-corrected chi connectivity index (χ1v) is 4.44. The van der Waals surface area contributed by atoms with Gasteiger partial charge in [-0.1, -0.05) is 30.3 Å². The molecule has 2 nitrogen and oxygen atoms in total. The first-order valence-electron chi connectivity index (χ1n) is 4.44. The van der Waals surface area contributed by atoms with Gasteiger partial charge in [0.05, 0.1) is 13.2 Å². The van der Waals surface area contributed by atoms with Gasteiger partial charge in [-0.3, -0.25) is 0 Å². The largest absolute Gasteiger partial charge is 0.405 e. The van der Waals surface area contributed by atoms with E-state index >= 15 is 0 Å². The molecule has 0 fully saturated rings. The molecule has 0 spiro atoms. The Bertz CT molecular complexity index is 286. The predicted molar refractivity (Wildman–Crippen MR) is 50.1 cm³/mol. The second-order valence-electron chi connectivity index (χ2n) is 3.15. The molecule has 5 heteroatoms. The molecule has 1 unspecified atom stereocenters. The van der Waals surface area contributed by atoms with Gasteiger partial charge in [0.1, 0.15) is 6.04 Å². The lowest BCUT2D eigenvalue weighted by Crippen LogP contribution is -2.41. The number of nitrogens with two attached hydrogens (primary N) is 1. The maximum absolute atomic E-state index is 12.0. The first kappa shape index (κ1) is 12.0. The monoisotopic (exact) mass is 219 g/mol. The van der Waals surface area contributed by atoms with Gasteiger partial charge in [0.25, 0.3) is 0 Å². The average molecular weight is 219 g/mol. The Morgan fingerprint density at radius 3 is 2.33 bits per heavy atom. The van der Waals surface area contributed by atoms with E-state index in [4.69, 9.17) is 10.5 Å². The van der Waals surface area contributed by atoms with E-state index in [0.717, 1.165) is 5.56 Å². The summed E-state index contributed by atoms with van der Waals surface area (Å²) < 4.78 is 40.8. The number of hydrogen-bond donors (Lipinski definition) is 1. The molecule has 0 saturated carbocycles. The smallest absolute Gasteiger partial charge is 0.375 e. The van der Waals surface area contributed by atoms with Crippen molar-refractivity contribution in [1.29, 1.82) is 0 Å². The van der Waals surface area contributed by atoms with E-state index in [1.807, 2.05) is 6.07 Å². The zero-order valence-electron chi connectivity index (χ0n) is 8.00. The van der Waals surface area contributed by atoms with Crippen LogP contribution in [0, 0.1) is 0 Å². The van der Waals surface area contributed by atoms with Crippen LogP contribution in [-0.4, -0.2) is 18.8 Å². The number of ether oxygens (including phenoxy) is 1. The number of hydrogen-bond acceptors (Lipinski definition) is 2. The third-order valence-electron chi connectivity index (χ3n) is 1.83. The van der Waals surface area contributed by atoms with Gasteiger partial charge in [0.2, 0.25) is 0 Å². The van der Waals surface area contributed by atoms with E-state index in [0.29, 0.717) is 0 Å². The van der Waals surface area contributed by atoms with Crippen molar-refractivity contribution in [3.63, 3.8) is 0 Å². The van der Waals surface area contributed by atoms with Crippen LogP contribution < -0.4 is 5.73 Å². The highest BCUT2D eigenvalue weighted by Crippen LogP contribution is 2.18. The maximum atomic E-state index is 12.0. The highest BCUT2D eigenvalue weighted by atomic mass is 19.4. The molecule has 1 atom stereocenters. The molecule has 0 bridgehead atoms. The van der Waals surface area contributed by atoms with Crippen LogP contribution in [0.15, 0.2) is 30.3 Å². The van der Waals surface area contributed by atoms with Crippen molar-refractivity contribution >= 4 is 0 Å². The highest BCUT2D eigenvalue weighted by molar-refractivity contribution is 5.13. The van der Waals surface area contributed by atoms with E-state index in [2.05, 4.69) is 0 Å². The van der Waals surface area contributed by atoms with Gasteiger partial charge in [-0.15, -0.1) is 0 Å². The van der Waals surface area contributed by atoms with Crippen LogP contribution in [0.2, 0.25) is 0 Å². The Morgan fingerprint density at radius 2 is 1.80 bits per heavy atom. The average Bonchev–Trinajstić information content (AvgIpc) is 2.18. The summed E-state index contributed by atoms with van der Waals surface area (Å²) in [4.78, 5) is 0. The van der Waals surface area contributed by atoms with Gasteiger partial charge in [0, 0.05) is 0 Å². The van der Waals surface area contributed by atoms with Crippen LogP contribution in [0.5, 0.6) is 0 Å². The topological polar surface area (TPSA) is 35.2 Å². The zero-order valence-corrected chi connectivity index (χ0v) is 8.00. The van der Waals surface area contributed by atoms with Gasteiger partial charge >= 0.3 is 6.18 Å². The van der Waals surface area contributed by atoms with Crippen LogP contribution in [0.25, 0.3) is 0 Å². The molecular formula is C10H12F3NO. The number of alkyl halides is 3. The lowest BCUT2D eigenvalue weighted by atomic mass is 10.2. The summed E-state index contributed by atoms with van der Waals surface area (Å²) in [6.07, 6.45) is -4.39. The van der Waals surface area contributed by atoms with Crippen molar-refractivity contribution in [1.82, 2.24) is 0 Å². The summed E-state index contributed by atoms with van der Waals surface area (Å²) in [5.74, 6) is 0. The molecule has 1 aromatic rings. The van der Waals surface area contributed by atoms with Gasteiger partial charge in [0.15, 0.2) is 0 Å². The summed E-state index contributed by atoms with van der Waals surface area (Å²) in [6, 6.07) is 7.05. The SMILES string of the molecule is NC(COCc1ccccc1)C(F)(F)F. The summed E-state index contributed by atoms with van der Waals surface area (Å²) in [7, 11) is 0. The lowest BCUT2D eigenvalue weighted by molar-refractivity contribution is -0.160. The van der Waals surface area contributed by atoms with Gasteiger partial charge in [-0.05, 0) is 5.56 Å². The van der Waals surface area contributed by atoms with Crippen molar-refractivity contribution < 1.29 is 17.9 Å². The lowest BCUT2D eigenvalue weighted by Gasteiger charge is -2.15. The molecule has 1 aromatic carbocycles. The Balaban J connectivity index is 2.28. The molecule has 0 heterocycles. The van der Waals surface area contributed by atoms with E-state index in [1.54, 1.807) is 24.3 Å². The van der Waals surface area contributed by atoms with Crippen molar-refractivity contribution in [3.8, 4) is 0 Å². The van der Waals surface area contributed by atoms with Crippen LogP contribution in [-0.2, 0) is 11.3 Å². The fraction of sp³-hybridized carbons (Fsp3) is 0.400. The van der Waals surface area contributed by atoms with Gasteiger partial charge < -0.3 is 10.5 Å². The standard InChI is InChI=1S/C10H12F3NO/c11-10(12,13)9(14)7-15-6-8-4-2-1-3-5-8/h1-5,9H,6-7,14H2. The molecule has 0 saturated heterocycles. The minimum atomic E-state index is -4.39. The molecule has 84 valence electrons. The minimum Gasteiger partial charge on any atom is -0.375 e. The molecule has 15 heavy (non-hydrogen) atoms. The van der Waals surface area contributed by atoms with Gasteiger partial charge in [-0.2, -0.15) is 13.2 Å².